The topological polar surface area (TPSA) is 269 Å². The van der Waals surface area contributed by atoms with Crippen LogP contribution in [0.25, 0.3) is 11.6 Å². The molecule has 0 aromatic carbocycles. The molecule has 0 bridgehead atoms. The van der Waals surface area contributed by atoms with E-state index in [4.69, 9.17) is 0 Å². The van der Waals surface area contributed by atoms with Crippen molar-refractivity contribution in [2.24, 2.45) is 10.2 Å². The fourth-order valence-corrected chi connectivity index (χ4v) is 2.73. The highest BCUT2D eigenvalue weighted by molar-refractivity contribution is 6.01. The standard InChI is InChI=1S/C16H12N12O10/c1-33-13(29)5-7(15(31)35-3)27(25-17-5)11-9(21-37-23-11)19-20-10-12(24-38-22-10)28-8(16(32)36-4)6(18-26-28)14(30)34-2/h1-4H3. The quantitative estimate of drug-likeness (QED) is 0.152. The smallest absolute Gasteiger partial charge is 0.361 e. The zero-order chi connectivity index (χ0) is 27.4. The normalized spacial score (nSPS) is 10.9. The van der Waals surface area contributed by atoms with Crippen LogP contribution in [-0.2, 0) is 18.9 Å². The fourth-order valence-electron chi connectivity index (χ4n) is 2.73. The van der Waals surface area contributed by atoms with E-state index >= 15 is 0 Å². The van der Waals surface area contributed by atoms with Crippen LogP contribution in [-0.4, -0.2) is 103 Å². The van der Waals surface area contributed by atoms with Gasteiger partial charge in [-0.15, -0.1) is 20.4 Å². The minimum absolute atomic E-state index is 0.348. The summed E-state index contributed by atoms with van der Waals surface area (Å²) < 4.78 is 29.3. The summed E-state index contributed by atoms with van der Waals surface area (Å²) in [5, 5.41) is 36.4. The lowest BCUT2D eigenvalue weighted by atomic mass is 10.3. The van der Waals surface area contributed by atoms with Gasteiger partial charge < -0.3 is 18.9 Å². The lowest BCUT2D eigenvalue weighted by molar-refractivity contribution is 0.0545. The van der Waals surface area contributed by atoms with E-state index in [0.717, 1.165) is 37.8 Å². The van der Waals surface area contributed by atoms with Crippen LogP contribution in [0.3, 0.4) is 0 Å². The van der Waals surface area contributed by atoms with Crippen LogP contribution in [0.4, 0.5) is 11.6 Å². The molecule has 0 aliphatic rings. The van der Waals surface area contributed by atoms with Crippen molar-refractivity contribution >= 4 is 35.5 Å². The van der Waals surface area contributed by atoms with Gasteiger partial charge in [0.1, 0.15) is 0 Å². The van der Waals surface area contributed by atoms with Gasteiger partial charge in [-0.2, -0.15) is 9.36 Å². The molecule has 4 aromatic rings. The molecule has 22 nitrogen and oxygen atoms in total. The van der Waals surface area contributed by atoms with Gasteiger partial charge in [0.25, 0.3) is 11.6 Å². The minimum Gasteiger partial charge on any atom is -0.464 e. The summed E-state index contributed by atoms with van der Waals surface area (Å²) >= 11 is 0. The van der Waals surface area contributed by atoms with E-state index in [1.807, 2.05) is 0 Å². The highest BCUT2D eigenvalue weighted by Gasteiger charge is 2.32. The Morgan fingerprint density at radius 3 is 1.32 bits per heavy atom. The summed E-state index contributed by atoms with van der Waals surface area (Å²) in [6.07, 6.45) is 0. The number of hydrogen-bond acceptors (Lipinski definition) is 20. The van der Waals surface area contributed by atoms with Crippen molar-refractivity contribution < 1.29 is 47.4 Å². The molecular weight excluding hydrogens is 520 g/mol. The number of carbonyl (C=O) groups excluding carboxylic acids is 4. The third kappa shape index (κ3) is 4.27. The molecule has 0 aliphatic heterocycles. The van der Waals surface area contributed by atoms with Crippen molar-refractivity contribution in [3.8, 4) is 11.6 Å². The van der Waals surface area contributed by atoms with Crippen molar-refractivity contribution in [3.05, 3.63) is 22.8 Å². The van der Waals surface area contributed by atoms with Crippen LogP contribution in [0.1, 0.15) is 42.0 Å². The molecule has 0 N–H and O–H groups in total. The van der Waals surface area contributed by atoms with Crippen molar-refractivity contribution in [2.45, 2.75) is 0 Å². The van der Waals surface area contributed by atoms with E-state index in [1.165, 1.54) is 0 Å². The van der Waals surface area contributed by atoms with Gasteiger partial charge >= 0.3 is 23.9 Å². The number of hydrogen-bond donors (Lipinski definition) is 0. The lowest BCUT2D eigenvalue weighted by Gasteiger charge is -2.02. The predicted octanol–water partition coefficient (Wildman–Crippen LogP) is -0.824. The zero-order valence-corrected chi connectivity index (χ0v) is 19.4. The number of methoxy groups -OCH3 is 4. The van der Waals surface area contributed by atoms with Gasteiger partial charge in [0, 0.05) is 0 Å². The first-order valence-corrected chi connectivity index (χ1v) is 9.68. The van der Waals surface area contributed by atoms with E-state index < -0.39 is 58.3 Å². The maximum absolute atomic E-state index is 12.3. The van der Waals surface area contributed by atoms with Gasteiger partial charge in [-0.3, -0.25) is 0 Å². The summed E-state index contributed by atoms with van der Waals surface area (Å²) in [7, 11) is 4.25. The third-order valence-corrected chi connectivity index (χ3v) is 4.41. The van der Waals surface area contributed by atoms with Gasteiger partial charge in [-0.1, -0.05) is 10.4 Å². The maximum Gasteiger partial charge on any atom is 0.361 e. The number of nitrogens with zero attached hydrogens (tertiary/aromatic N) is 12. The monoisotopic (exact) mass is 532 g/mol. The average Bonchev–Trinajstić information content (AvgIpc) is 3.74. The third-order valence-electron chi connectivity index (χ3n) is 4.41. The van der Waals surface area contributed by atoms with Crippen LogP contribution in [0.5, 0.6) is 0 Å². The molecule has 0 aliphatic carbocycles. The summed E-state index contributed by atoms with van der Waals surface area (Å²) in [5.74, 6) is -5.51. The number of aromatic nitrogens is 10. The SMILES string of the molecule is COC(=O)c1nnn(-c2nonc2N=Nc2nonc2-n2nnc(C(=O)OC)c2C(=O)OC)c1C(=O)OC. The molecule has 0 saturated carbocycles. The molecule has 0 fully saturated rings. The van der Waals surface area contributed by atoms with Crippen LogP contribution < -0.4 is 0 Å². The second-order valence-corrected chi connectivity index (χ2v) is 6.39. The number of ether oxygens (including phenoxy) is 4. The molecular formula is C16H12N12O10. The van der Waals surface area contributed by atoms with Gasteiger partial charge in [0.05, 0.1) is 28.4 Å². The van der Waals surface area contributed by atoms with Crippen molar-refractivity contribution in [2.75, 3.05) is 28.4 Å². The molecule has 4 heterocycles. The zero-order valence-electron chi connectivity index (χ0n) is 19.4. The lowest BCUT2D eigenvalue weighted by Crippen LogP contribution is -2.16. The predicted molar refractivity (Wildman–Crippen MR) is 108 cm³/mol. The molecule has 38 heavy (non-hydrogen) atoms. The van der Waals surface area contributed by atoms with E-state index in [-0.39, 0.29) is 11.6 Å². The minimum atomic E-state index is -1.02. The Morgan fingerprint density at radius 1 is 0.605 bits per heavy atom. The highest BCUT2D eigenvalue weighted by Crippen LogP contribution is 2.26. The van der Waals surface area contributed by atoms with Crippen LogP contribution in [0, 0.1) is 0 Å². The second kappa shape index (κ2) is 10.3. The number of azo groups is 1. The Balaban J connectivity index is 1.75. The molecule has 4 aromatic heterocycles. The molecule has 0 spiro atoms. The van der Waals surface area contributed by atoms with E-state index in [2.05, 4.69) is 79.7 Å². The number of rotatable bonds is 8. The molecule has 0 radical (unpaired) electrons. The number of esters is 4. The Labute approximate surface area is 207 Å². The summed E-state index contributed by atoms with van der Waals surface area (Å²) in [5.41, 5.74) is -1.93. The van der Waals surface area contributed by atoms with Crippen LogP contribution in [0.15, 0.2) is 19.5 Å². The molecule has 0 unspecified atom stereocenters. The maximum atomic E-state index is 12.3. The van der Waals surface area contributed by atoms with Gasteiger partial charge in [-0.05, 0) is 20.6 Å². The highest BCUT2D eigenvalue weighted by atomic mass is 16.6. The first-order chi connectivity index (χ1) is 18.4. The molecule has 196 valence electrons. The van der Waals surface area contributed by atoms with Crippen LogP contribution in [0.2, 0.25) is 0 Å². The molecule has 0 saturated heterocycles. The van der Waals surface area contributed by atoms with E-state index in [0.29, 0.717) is 0 Å². The van der Waals surface area contributed by atoms with Gasteiger partial charge in [0.15, 0.2) is 11.4 Å². The van der Waals surface area contributed by atoms with E-state index in [9.17, 15) is 19.2 Å². The summed E-state index contributed by atoms with van der Waals surface area (Å²) in [6, 6.07) is 0. The fraction of sp³-hybridized carbons (Fsp3) is 0.250. The van der Waals surface area contributed by atoms with Gasteiger partial charge in [0.2, 0.25) is 23.0 Å². The Hall–Kier alpha value is -5.96. The molecule has 0 amide bonds. The molecule has 0 atom stereocenters. The summed E-state index contributed by atoms with van der Waals surface area (Å²) in [4.78, 5) is 48.6. The van der Waals surface area contributed by atoms with Crippen molar-refractivity contribution in [1.29, 1.82) is 0 Å². The molecule has 22 heteroatoms. The Kier molecular flexibility index (Phi) is 6.84. The molecule has 4 rings (SSSR count). The number of carbonyl (C=O) groups is 4. The Bertz CT molecular complexity index is 1450. The first-order valence-electron chi connectivity index (χ1n) is 9.68. The van der Waals surface area contributed by atoms with Crippen molar-refractivity contribution in [3.63, 3.8) is 0 Å². The Morgan fingerprint density at radius 2 is 0.974 bits per heavy atom. The average molecular weight is 532 g/mol. The van der Waals surface area contributed by atoms with Crippen LogP contribution >= 0.6 is 0 Å². The largest absolute Gasteiger partial charge is 0.464 e. The summed E-state index contributed by atoms with van der Waals surface area (Å²) in [6.45, 7) is 0. The second-order valence-electron chi connectivity index (χ2n) is 6.39. The van der Waals surface area contributed by atoms with Gasteiger partial charge in [-0.25, -0.2) is 28.4 Å². The van der Waals surface area contributed by atoms with E-state index in [1.54, 1.807) is 0 Å². The first kappa shape index (κ1) is 25.1. The van der Waals surface area contributed by atoms with Crippen molar-refractivity contribution in [1.82, 2.24) is 50.6 Å².